The van der Waals surface area contributed by atoms with Crippen molar-refractivity contribution in [3.05, 3.63) is 30.1 Å². The van der Waals surface area contributed by atoms with E-state index in [-0.39, 0.29) is 11.2 Å². The summed E-state index contributed by atoms with van der Waals surface area (Å²) in [5.41, 5.74) is 6.13. The molecule has 2 nitrogen and oxygen atoms in total. The molecule has 1 aromatic rings. The fraction of sp³-hybridized carbons (Fsp3) is 0.364. The maximum atomic E-state index is 12.8. The molecule has 0 aliphatic heterocycles. The van der Waals surface area contributed by atoms with Gasteiger partial charge >= 0.3 is 0 Å². The highest BCUT2D eigenvalue weighted by Gasteiger charge is 2.15. The normalized spacial score (nSPS) is 13.0. The molecule has 3 heteroatoms. The Labute approximate surface area is 83.7 Å². The highest BCUT2D eigenvalue weighted by molar-refractivity contribution is 5.87. The van der Waals surface area contributed by atoms with E-state index in [1.807, 2.05) is 20.8 Å². The van der Waals surface area contributed by atoms with Gasteiger partial charge in [0.1, 0.15) is 11.7 Å². The number of amidine groups is 1. The van der Waals surface area contributed by atoms with E-state index in [0.717, 1.165) is 0 Å². The fourth-order valence-corrected chi connectivity index (χ4v) is 0.852. The molecule has 1 rings (SSSR count). The molecule has 0 spiro atoms. The second-order valence-corrected chi connectivity index (χ2v) is 4.23. The standard InChI is InChI=1S/C11H15FN2/c1-11(2,3)10(13)14-9-6-4-5-8(12)7-9/h4-7H,1-3H3,(H2,13,14). The van der Waals surface area contributed by atoms with E-state index >= 15 is 0 Å². The van der Waals surface area contributed by atoms with Crippen LogP contribution in [0.4, 0.5) is 10.1 Å². The Morgan fingerprint density at radius 2 is 2.00 bits per heavy atom. The average Bonchev–Trinajstić information content (AvgIpc) is 2.02. The second kappa shape index (κ2) is 3.78. The summed E-state index contributed by atoms with van der Waals surface area (Å²) in [5, 5.41) is 0. The van der Waals surface area contributed by atoms with Crippen molar-refractivity contribution in [1.29, 1.82) is 0 Å². The third-order valence-corrected chi connectivity index (χ3v) is 1.83. The first-order valence-corrected chi connectivity index (χ1v) is 4.50. The summed E-state index contributed by atoms with van der Waals surface area (Å²) in [6.07, 6.45) is 0. The van der Waals surface area contributed by atoms with Crippen molar-refractivity contribution >= 4 is 11.5 Å². The average molecular weight is 194 g/mol. The largest absolute Gasteiger partial charge is 0.387 e. The molecule has 0 heterocycles. The maximum absolute atomic E-state index is 12.8. The van der Waals surface area contributed by atoms with Gasteiger partial charge in [-0.05, 0) is 18.2 Å². The van der Waals surface area contributed by atoms with Crippen LogP contribution in [0.1, 0.15) is 20.8 Å². The number of nitrogens with two attached hydrogens (primary N) is 1. The Morgan fingerprint density at radius 3 is 2.50 bits per heavy atom. The number of halogens is 1. The highest BCUT2D eigenvalue weighted by Crippen LogP contribution is 2.18. The van der Waals surface area contributed by atoms with Crippen LogP contribution in [0.15, 0.2) is 29.3 Å². The summed E-state index contributed by atoms with van der Waals surface area (Å²) in [6.45, 7) is 5.89. The molecule has 0 fully saturated rings. The summed E-state index contributed by atoms with van der Waals surface area (Å²) in [5.74, 6) is 0.205. The molecule has 0 saturated carbocycles. The lowest BCUT2D eigenvalue weighted by atomic mass is 9.95. The van der Waals surface area contributed by atoms with Crippen molar-refractivity contribution in [1.82, 2.24) is 0 Å². The number of rotatable bonds is 1. The van der Waals surface area contributed by atoms with Crippen LogP contribution in [0, 0.1) is 11.2 Å². The van der Waals surface area contributed by atoms with Crippen LogP contribution in [-0.2, 0) is 0 Å². The van der Waals surface area contributed by atoms with E-state index in [4.69, 9.17) is 5.73 Å². The highest BCUT2D eigenvalue weighted by atomic mass is 19.1. The zero-order chi connectivity index (χ0) is 10.8. The van der Waals surface area contributed by atoms with Crippen molar-refractivity contribution in [2.45, 2.75) is 20.8 Å². The van der Waals surface area contributed by atoms with Crippen LogP contribution in [0.25, 0.3) is 0 Å². The van der Waals surface area contributed by atoms with Crippen LogP contribution >= 0.6 is 0 Å². The van der Waals surface area contributed by atoms with Crippen LogP contribution in [0.3, 0.4) is 0 Å². The number of hydrogen-bond acceptors (Lipinski definition) is 1. The first kappa shape index (κ1) is 10.7. The van der Waals surface area contributed by atoms with Gasteiger partial charge in [0, 0.05) is 5.41 Å². The molecular weight excluding hydrogens is 179 g/mol. The first-order chi connectivity index (χ1) is 6.39. The molecule has 0 amide bonds. The van der Waals surface area contributed by atoms with Gasteiger partial charge in [0.2, 0.25) is 0 Å². The predicted molar refractivity (Wildman–Crippen MR) is 57.1 cm³/mol. The van der Waals surface area contributed by atoms with Crippen molar-refractivity contribution in [2.75, 3.05) is 0 Å². The number of nitrogens with zero attached hydrogens (tertiary/aromatic N) is 1. The van der Waals surface area contributed by atoms with E-state index in [1.165, 1.54) is 12.1 Å². The quantitative estimate of drug-likeness (QED) is 0.541. The molecule has 0 unspecified atom stereocenters. The van der Waals surface area contributed by atoms with Gasteiger partial charge in [-0.15, -0.1) is 0 Å². The molecule has 76 valence electrons. The van der Waals surface area contributed by atoms with E-state index in [1.54, 1.807) is 12.1 Å². The molecule has 0 aromatic heterocycles. The number of benzene rings is 1. The zero-order valence-corrected chi connectivity index (χ0v) is 8.71. The summed E-state index contributed by atoms with van der Waals surface area (Å²) in [6, 6.07) is 6.08. The van der Waals surface area contributed by atoms with E-state index in [0.29, 0.717) is 11.5 Å². The molecule has 0 atom stereocenters. The lowest BCUT2D eigenvalue weighted by molar-refractivity contribution is 0.585. The van der Waals surface area contributed by atoms with E-state index in [2.05, 4.69) is 4.99 Å². The van der Waals surface area contributed by atoms with Gasteiger partial charge in [0.15, 0.2) is 0 Å². The Hall–Kier alpha value is -1.38. The molecule has 0 aliphatic carbocycles. The first-order valence-electron chi connectivity index (χ1n) is 4.50. The number of hydrogen-bond donors (Lipinski definition) is 1. The van der Waals surface area contributed by atoms with Crippen molar-refractivity contribution in [2.24, 2.45) is 16.1 Å². The minimum absolute atomic E-state index is 0.188. The summed E-state index contributed by atoms with van der Waals surface area (Å²) in [4.78, 5) is 4.15. The molecule has 0 bridgehead atoms. The molecule has 2 N–H and O–H groups in total. The summed E-state index contributed by atoms with van der Waals surface area (Å²) >= 11 is 0. The molecule has 0 radical (unpaired) electrons. The topological polar surface area (TPSA) is 38.4 Å². The van der Waals surface area contributed by atoms with Gasteiger partial charge in [-0.1, -0.05) is 26.8 Å². The summed E-state index contributed by atoms with van der Waals surface area (Å²) < 4.78 is 12.8. The third kappa shape index (κ3) is 2.83. The van der Waals surface area contributed by atoms with Crippen LogP contribution < -0.4 is 5.73 Å². The monoisotopic (exact) mass is 194 g/mol. The fourth-order valence-electron chi connectivity index (χ4n) is 0.852. The van der Waals surface area contributed by atoms with Crippen molar-refractivity contribution in [3.63, 3.8) is 0 Å². The van der Waals surface area contributed by atoms with Crippen molar-refractivity contribution < 1.29 is 4.39 Å². The predicted octanol–water partition coefficient (Wildman–Crippen LogP) is 2.86. The van der Waals surface area contributed by atoms with Gasteiger partial charge < -0.3 is 5.73 Å². The van der Waals surface area contributed by atoms with E-state index < -0.39 is 0 Å². The minimum Gasteiger partial charge on any atom is -0.387 e. The molecule has 1 aromatic carbocycles. The van der Waals surface area contributed by atoms with E-state index in [9.17, 15) is 4.39 Å². The third-order valence-electron chi connectivity index (χ3n) is 1.83. The van der Waals surface area contributed by atoms with Crippen LogP contribution in [-0.4, -0.2) is 5.84 Å². The van der Waals surface area contributed by atoms with Gasteiger partial charge in [-0.25, -0.2) is 9.38 Å². The van der Waals surface area contributed by atoms with Crippen molar-refractivity contribution in [3.8, 4) is 0 Å². The second-order valence-electron chi connectivity index (χ2n) is 4.23. The van der Waals surface area contributed by atoms with Gasteiger partial charge in [0.05, 0.1) is 5.69 Å². The van der Waals surface area contributed by atoms with Gasteiger partial charge in [-0.2, -0.15) is 0 Å². The lowest BCUT2D eigenvalue weighted by Gasteiger charge is -2.17. The molecular formula is C11H15FN2. The SMILES string of the molecule is CC(C)(C)C(N)=Nc1cccc(F)c1. The number of aliphatic imine (C=N–C) groups is 1. The molecule has 0 saturated heterocycles. The zero-order valence-electron chi connectivity index (χ0n) is 8.71. The minimum atomic E-state index is -0.298. The van der Waals surface area contributed by atoms with Gasteiger partial charge in [0.25, 0.3) is 0 Å². The van der Waals surface area contributed by atoms with Gasteiger partial charge in [-0.3, -0.25) is 0 Å². The Bertz CT molecular complexity index is 351. The smallest absolute Gasteiger partial charge is 0.125 e. The summed E-state index contributed by atoms with van der Waals surface area (Å²) in [7, 11) is 0. The maximum Gasteiger partial charge on any atom is 0.125 e. The molecule has 0 aliphatic rings. The van der Waals surface area contributed by atoms with Crippen LogP contribution in [0.2, 0.25) is 0 Å². The van der Waals surface area contributed by atoms with Crippen LogP contribution in [0.5, 0.6) is 0 Å². The Morgan fingerprint density at radius 1 is 1.36 bits per heavy atom. The Balaban J connectivity index is 2.98. The molecule has 14 heavy (non-hydrogen) atoms. The Kier molecular flexibility index (Phi) is 2.89. The lowest BCUT2D eigenvalue weighted by Crippen LogP contribution is -2.28.